The summed E-state index contributed by atoms with van der Waals surface area (Å²) >= 11 is 0. The molecule has 1 atom stereocenters. The third kappa shape index (κ3) is 6.47. The number of aryl methyl sites for hydroxylation is 1. The number of aliphatic carboxylic acids is 1. The average Bonchev–Trinajstić information content (AvgIpc) is 3.24. The number of carboxylic acid groups (broad SMARTS) is 1. The summed E-state index contributed by atoms with van der Waals surface area (Å²) in [7, 11) is 0. The molecule has 0 fully saturated rings. The van der Waals surface area contributed by atoms with Gasteiger partial charge in [-0.25, -0.2) is 0 Å². The number of nitrogens with two attached hydrogens (primary N) is 1. The summed E-state index contributed by atoms with van der Waals surface area (Å²) in [6.45, 7) is 4.23. The van der Waals surface area contributed by atoms with Gasteiger partial charge < -0.3 is 20.0 Å². The lowest BCUT2D eigenvalue weighted by molar-refractivity contribution is -0.138. The zero-order valence-corrected chi connectivity index (χ0v) is 17.2. The van der Waals surface area contributed by atoms with Crippen molar-refractivity contribution in [2.75, 3.05) is 6.54 Å². The minimum absolute atomic E-state index is 0.350. The van der Waals surface area contributed by atoms with E-state index in [1.807, 2.05) is 48.5 Å². The van der Waals surface area contributed by atoms with E-state index in [1.54, 1.807) is 6.26 Å². The fourth-order valence-corrected chi connectivity index (χ4v) is 3.26. The van der Waals surface area contributed by atoms with Crippen LogP contribution in [0.4, 0.5) is 0 Å². The molecule has 30 heavy (non-hydrogen) atoms. The number of nitrogens with zero attached hydrogens (tertiary/aromatic N) is 1. The zero-order valence-electron chi connectivity index (χ0n) is 17.2. The predicted molar refractivity (Wildman–Crippen MR) is 115 cm³/mol. The number of furan rings is 1. The second kappa shape index (κ2) is 10.6. The Balaban J connectivity index is 1.70. The first-order valence-electron chi connectivity index (χ1n) is 10.0. The van der Waals surface area contributed by atoms with Gasteiger partial charge >= 0.3 is 5.97 Å². The lowest BCUT2D eigenvalue weighted by atomic mass is 10.1. The molecule has 1 heterocycles. The largest absolute Gasteiger partial charge is 0.489 e. The Labute approximate surface area is 176 Å². The number of para-hydroxylation sites is 1. The van der Waals surface area contributed by atoms with E-state index in [1.165, 1.54) is 5.56 Å². The first-order valence-corrected chi connectivity index (χ1v) is 10.0. The molecule has 0 amide bonds. The van der Waals surface area contributed by atoms with Gasteiger partial charge in [0.25, 0.3) is 0 Å². The van der Waals surface area contributed by atoms with Crippen LogP contribution in [0.2, 0.25) is 0 Å². The smallest absolute Gasteiger partial charge is 0.320 e. The van der Waals surface area contributed by atoms with Gasteiger partial charge in [0.05, 0.1) is 12.8 Å². The molecule has 158 valence electrons. The highest BCUT2D eigenvalue weighted by atomic mass is 16.5. The molecule has 0 bridgehead atoms. The van der Waals surface area contributed by atoms with Gasteiger partial charge in [0, 0.05) is 18.7 Å². The molecule has 0 saturated carbocycles. The molecule has 1 aromatic heterocycles. The van der Waals surface area contributed by atoms with Gasteiger partial charge in [0.1, 0.15) is 24.2 Å². The van der Waals surface area contributed by atoms with Crippen LogP contribution in [0.3, 0.4) is 0 Å². The molecule has 0 aliphatic heterocycles. The van der Waals surface area contributed by atoms with Crippen molar-refractivity contribution in [1.82, 2.24) is 4.90 Å². The summed E-state index contributed by atoms with van der Waals surface area (Å²) < 4.78 is 11.6. The first kappa shape index (κ1) is 21.6. The van der Waals surface area contributed by atoms with Crippen LogP contribution in [0.15, 0.2) is 71.3 Å². The highest BCUT2D eigenvalue weighted by molar-refractivity contribution is 5.72. The maximum absolute atomic E-state index is 11.1. The van der Waals surface area contributed by atoms with Crippen LogP contribution in [0.1, 0.15) is 28.9 Å². The fraction of sp³-hybridized carbons (Fsp3) is 0.292. The second-order valence-corrected chi connectivity index (χ2v) is 7.41. The number of carboxylic acids is 1. The van der Waals surface area contributed by atoms with E-state index in [2.05, 4.69) is 24.0 Å². The number of hydrogen-bond donors (Lipinski definition) is 2. The van der Waals surface area contributed by atoms with Crippen LogP contribution in [-0.2, 0) is 24.5 Å². The van der Waals surface area contributed by atoms with E-state index in [0.29, 0.717) is 32.7 Å². The highest BCUT2D eigenvalue weighted by Crippen LogP contribution is 2.22. The van der Waals surface area contributed by atoms with Crippen LogP contribution in [0.5, 0.6) is 5.75 Å². The van der Waals surface area contributed by atoms with Gasteiger partial charge in [-0.15, -0.1) is 0 Å². The van der Waals surface area contributed by atoms with Crippen molar-refractivity contribution in [1.29, 1.82) is 0 Å². The predicted octanol–water partition coefficient (Wildman–Crippen LogP) is 3.97. The molecule has 6 heteroatoms. The highest BCUT2D eigenvalue weighted by Gasteiger charge is 2.17. The van der Waals surface area contributed by atoms with Crippen molar-refractivity contribution < 1.29 is 19.1 Å². The molecule has 2 aromatic carbocycles. The SMILES string of the molecule is Cc1cccc(COc2ccccc2CN(CC[C@H](N)C(=O)O)Cc2ccco2)c1. The van der Waals surface area contributed by atoms with Crippen LogP contribution in [0, 0.1) is 6.92 Å². The first-order chi connectivity index (χ1) is 14.5. The third-order valence-corrected chi connectivity index (χ3v) is 4.88. The Morgan fingerprint density at radius 3 is 2.70 bits per heavy atom. The minimum atomic E-state index is -0.991. The Kier molecular flexibility index (Phi) is 7.65. The van der Waals surface area contributed by atoms with E-state index in [-0.39, 0.29) is 0 Å². The number of carbonyl (C=O) groups is 1. The topological polar surface area (TPSA) is 88.9 Å². The van der Waals surface area contributed by atoms with E-state index in [4.69, 9.17) is 20.0 Å². The van der Waals surface area contributed by atoms with Gasteiger partial charge in [0.2, 0.25) is 0 Å². The van der Waals surface area contributed by atoms with Gasteiger partial charge in [-0.05, 0) is 37.1 Å². The Morgan fingerprint density at radius 1 is 1.13 bits per heavy atom. The summed E-state index contributed by atoms with van der Waals surface area (Å²) in [6.07, 6.45) is 1.98. The lowest BCUT2D eigenvalue weighted by Gasteiger charge is -2.23. The van der Waals surface area contributed by atoms with Crippen molar-refractivity contribution in [2.45, 2.75) is 39.1 Å². The maximum Gasteiger partial charge on any atom is 0.320 e. The fourth-order valence-electron chi connectivity index (χ4n) is 3.26. The number of hydrogen-bond acceptors (Lipinski definition) is 5. The van der Waals surface area contributed by atoms with E-state index >= 15 is 0 Å². The van der Waals surface area contributed by atoms with Crippen molar-refractivity contribution in [3.8, 4) is 5.75 Å². The van der Waals surface area contributed by atoms with Gasteiger partial charge in [-0.1, -0.05) is 48.0 Å². The van der Waals surface area contributed by atoms with Crippen molar-refractivity contribution in [3.05, 3.63) is 89.4 Å². The Morgan fingerprint density at radius 2 is 1.97 bits per heavy atom. The van der Waals surface area contributed by atoms with Crippen molar-refractivity contribution >= 4 is 5.97 Å². The molecule has 0 unspecified atom stereocenters. The van der Waals surface area contributed by atoms with Crippen LogP contribution in [-0.4, -0.2) is 28.6 Å². The molecule has 0 aliphatic rings. The lowest BCUT2D eigenvalue weighted by Crippen LogP contribution is -2.35. The Hall–Kier alpha value is -3.09. The van der Waals surface area contributed by atoms with Crippen LogP contribution < -0.4 is 10.5 Å². The molecule has 3 rings (SSSR count). The maximum atomic E-state index is 11.1. The van der Waals surface area contributed by atoms with Gasteiger partial charge in [-0.3, -0.25) is 9.69 Å². The minimum Gasteiger partial charge on any atom is -0.489 e. The van der Waals surface area contributed by atoms with E-state index in [0.717, 1.165) is 22.6 Å². The third-order valence-electron chi connectivity index (χ3n) is 4.88. The quantitative estimate of drug-likeness (QED) is 0.499. The number of ether oxygens (including phenoxy) is 1. The molecular weight excluding hydrogens is 380 g/mol. The molecule has 0 aliphatic carbocycles. The average molecular weight is 408 g/mol. The molecule has 3 N–H and O–H groups in total. The van der Waals surface area contributed by atoms with Gasteiger partial charge in [-0.2, -0.15) is 0 Å². The summed E-state index contributed by atoms with van der Waals surface area (Å²) in [6, 6.07) is 19.0. The van der Waals surface area contributed by atoms with E-state index in [9.17, 15) is 4.79 Å². The van der Waals surface area contributed by atoms with Gasteiger partial charge in [0.15, 0.2) is 0 Å². The monoisotopic (exact) mass is 408 g/mol. The standard InChI is InChI=1S/C24H28N2O4/c1-18-6-4-7-19(14-18)17-30-23-10-3-2-8-20(23)15-26(12-11-22(25)24(27)28)16-21-9-5-13-29-21/h2-10,13-14,22H,11-12,15-17,25H2,1H3,(H,27,28)/t22-/m0/s1. The summed E-state index contributed by atoms with van der Waals surface area (Å²) in [4.78, 5) is 13.2. The van der Waals surface area contributed by atoms with Crippen molar-refractivity contribution in [2.24, 2.45) is 5.73 Å². The van der Waals surface area contributed by atoms with E-state index < -0.39 is 12.0 Å². The van der Waals surface area contributed by atoms with Crippen molar-refractivity contribution in [3.63, 3.8) is 0 Å². The molecule has 3 aromatic rings. The summed E-state index contributed by atoms with van der Waals surface area (Å²) in [5, 5.41) is 9.10. The molecule has 0 saturated heterocycles. The second-order valence-electron chi connectivity index (χ2n) is 7.41. The van der Waals surface area contributed by atoms with Crippen LogP contribution >= 0.6 is 0 Å². The molecule has 0 radical (unpaired) electrons. The summed E-state index contributed by atoms with van der Waals surface area (Å²) in [5.74, 6) is 0.637. The summed E-state index contributed by atoms with van der Waals surface area (Å²) in [5.41, 5.74) is 9.05. The normalized spacial score (nSPS) is 12.1. The zero-order chi connectivity index (χ0) is 21.3. The number of benzene rings is 2. The molecular formula is C24H28N2O4. The molecule has 6 nitrogen and oxygen atoms in total. The number of rotatable bonds is 11. The Bertz CT molecular complexity index is 940. The van der Waals surface area contributed by atoms with Crippen LogP contribution in [0.25, 0.3) is 0 Å². The molecule has 0 spiro atoms.